The van der Waals surface area contributed by atoms with Gasteiger partial charge in [0.2, 0.25) is 0 Å². The SMILES string of the molecule is CN(C(=O)c1ccc(C[C@@H]2CC[C@H]([C@H](O)c3ccc(Cl)nc3)N2)cc1)C1CCc2ncccc21. The lowest BCUT2D eigenvalue weighted by Gasteiger charge is -2.25. The lowest BCUT2D eigenvalue weighted by molar-refractivity contribution is 0.0730. The van der Waals surface area contributed by atoms with Crippen LogP contribution in [0.1, 0.15) is 64.2 Å². The molecule has 7 heteroatoms. The van der Waals surface area contributed by atoms with E-state index in [1.165, 1.54) is 5.56 Å². The third-order valence-electron chi connectivity index (χ3n) is 7.16. The van der Waals surface area contributed by atoms with Crippen LogP contribution in [0.25, 0.3) is 0 Å². The van der Waals surface area contributed by atoms with Crippen molar-refractivity contribution in [1.29, 1.82) is 0 Å². The summed E-state index contributed by atoms with van der Waals surface area (Å²) in [5, 5.41) is 14.7. The Labute approximate surface area is 205 Å². The number of pyridine rings is 2. The lowest BCUT2D eigenvalue weighted by Crippen LogP contribution is -2.35. The molecule has 3 aromatic rings. The van der Waals surface area contributed by atoms with Gasteiger partial charge >= 0.3 is 0 Å². The average Bonchev–Trinajstić information content (AvgIpc) is 3.51. The van der Waals surface area contributed by atoms with Gasteiger partial charge in [-0.25, -0.2) is 4.98 Å². The Hall–Kier alpha value is -2.80. The summed E-state index contributed by atoms with van der Waals surface area (Å²) in [4.78, 5) is 23.5. The van der Waals surface area contributed by atoms with Crippen molar-refractivity contribution in [2.45, 2.75) is 56.3 Å². The highest BCUT2D eigenvalue weighted by molar-refractivity contribution is 6.29. The quantitative estimate of drug-likeness (QED) is 0.519. The van der Waals surface area contributed by atoms with E-state index in [2.05, 4.69) is 21.4 Å². The number of nitrogens with one attached hydrogen (secondary N) is 1. The summed E-state index contributed by atoms with van der Waals surface area (Å²) in [5.74, 6) is 0.0343. The maximum Gasteiger partial charge on any atom is 0.254 e. The maximum absolute atomic E-state index is 13.1. The van der Waals surface area contributed by atoms with Crippen LogP contribution in [-0.2, 0) is 12.8 Å². The lowest BCUT2D eigenvalue weighted by atomic mass is 10.0. The molecule has 5 rings (SSSR count). The maximum atomic E-state index is 13.1. The number of aryl methyl sites for hydroxylation is 1. The standard InChI is InChI=1S/C27H29ClN4O2/c1-32(24-12-11-22-21(24)3-2-14-29-22)27(34)18-6-4-17(5-7-18)15-20-9-10-23(31-20)26(33)19-8-13-25(28)30-16-19/h2-8,13-14,16,20,23-24,26,31,33H,9-12,15H2,1H3/t20-,23+,24?,26+/m0/s1. The number of carbonyl (C=O) groups is 1. The first kappa shape index (κ1) is 23.0. The van der Waals surface area contributed by atoms with Crippen molar-refractivity contribution in [3.63, 3.8) is 0 Å². The van der Waals surface area contributed by atoms with Crippen LogP contribution in [0, 0.1) is 0 Å². The molecule has 2 aliphatic rings. The number of aromatic nitrogens is 2. The van der Waals surface area contributed by atoms with Crippen LogP contribution in [-0.4, -0.2) is 45.0 Å². The minimum Gasteiger partial charge on any atom is -0.387 e. The zero-order valence-electron chi connectivity index (χ0n) is 19.2. The fourth-order valence-electron chi connectivity index (χ4n) is 5.26. The predicted octanol–water partition coefficient (Wildman–Crippen LogP) is 4.29. The van der Waals surface area contributed by atoms with Crippen molar-refractivity contribution in [3.8, 4) is 0 Å². The van der Waals surface area contributed by atoms with E-state index in [-0.39, 0.29) is 24.0 Å². The first-order valence-corrected chi connectivity index (χ1v) is 12.2. The van der Waals surface area contributed by atoms with Gasteiger partial charge < -0.3 is 15.3 Å². The second kappa shape index (κ2) is 9.82. The van der Waals surface area contributed by atoms with Gasteiger partial charge in [0.05, 0.1) is 12.1 Å². The molecule has 0 radical (unpaired) electrons. The van der Waals surface area contributed by atoms with Crippen molar-refractivity contribution in [2.75, 3.05) is 7.05 Å². The fraction of sp³-hybridized carbons (Fsp3) is 0.370. The zero-order valence-corrected chi connectivity index (χ0v) is 19.9. The summed E-state index contributed by atoms with van der Waals surface area (Å²) in [7, 11) is 1.88. The Morgan fingerprint density at radius 2 is 1.97 bits per heavy atom. The van der Waals surface area contributed by atoms with Crippen LogP contribution < -0.4 is 5.32 Å². The molecule has 0 saturated carbocycles. The van der Waals surface area contributed by atoms with E-state index in [1.807, 2.05) is 54.5 Å². The first-order valence-electron chi connectivity index (χ1n) is 11.8. The number of nitrogens with zero attached hydrogens (tertiary/aromatic N) is 3. The van der Waals surface area contributed by atoms with Gasteiger partial charge in [0.15, 0.2) is 0 Å². The third kappa shape index (κ3) is 4.71. The van der Waals surface area contributed by atoms with Gasteiger partial charge in [0, 0.05) is 48.3 Å². The first-order chi connectivity index (χ1) is 16.5. The number of aliphatic hydroxyl groups is 1. The molecule has 1 amide bonds. The number of halogens is 1. The zero-order chi connectivity index (χ0) is 23.7. The molecule has 1 aliphatic carbocycles. The molecule has 1 saturated heterocycles. The predicted molar refractivity (Wildman–Crippen MR) is 132 cm³/mol. The Kier molecular flexibility index (Phi) is 6.63. The number of carbonyl (C=O) groups excluding carboxylic acids is 1. The fourth-order valence-corrected chi connectivity index (χ4v) is 5.37. The minimum absolute atomic E-state index is 0.00810. The molecule has 176 valence electrons. The number of hydrogen-bond donors (Lipinski definition) is 2. The molecule has 1 unspecified atom stereocenters. The highest BCUT2D eigenvalue weighted by atomic mass is 35.5. The average molecular weight is 477 g/mol. The molecule has 34 heavy (non-hydrogen) atoms. The molecule has 2 aromatic heterocycles. The molecular formula is C27H29ClN4O2. The molecule has 0 spiro atoms. The smallest absolute Gasteiger partial charge is 0.254 e. The highest BCUT2D eigenvalue weighted by Crippen LogP contribution is 2.34. The third-order valence-corrected chi connectivity index (χ3v) is 7.38. The normalized spacial score (nSPS) is 22.4. The van der Waals surface area contributed by atoms with Crippen molar-refractivity contribution < 1.29 is 9.90 Å². The van der Waals surface area contributed by atoms with Gasteiger partial charge in [-0.3, -0.25) is 9.78 Å². The van der Waals surface area contributed by atoms with Gasteiger partial charge in [0.25, 0.3) is 5.91 Å². The summed E-state index contributed by atoms with van der Waals surface area (Å²) in [6.45, 7) is 0. The van der Waals surface area contributed by atoms with Gasteiger partial charge in [-0.2, -0.15) is 0 Å². The summed E-state index contributed by atoms with van der Waals surface area (Å²) in [6.07, 6.45) is 7.41. The number of amides is 1. The van der Waals surface area contributed by atoms with Crippen molar-refractivity contribution in [2.24, 2.45) is 0 Å². The molecule has 6 nitrogen and oxygen atoms in total. The molecule has 0 bridgehead atoms. The number of fused-ring (bicyclic) bond motifs is 1. The van der Waals surface area contributed by atoms with Gasteiger partial charge in [0.1, 0.15) is 5.15 Å². The van der Waals surface area contributed by atoms with Crippen LogP contribution in [0.15, 0.2) is 60.9 Å². The summed E-state index contributed by atoms with van der Waals surface area (Å²) in [5.41, 5.74) is 4.91. The van der Waals surface area contributed by atoms with Crippen molar-refractivity contribution in [3.05, 3.63) is 94.0 Å². The van der Waals surface area contributed by atoms with Gasteiger partial charge in [-0.1, -0.05) is 35.9 Å². The number of rotatable bonds is 6. The molecule has 2 N–H and O–H groups in total. The minimum atomic E-state index is -0.610. The Morgan fingerprint density at radius 3 is 2.74 bits per heavy atom. The number of benzene rings is 1. The van der Waals surface area contributed by atoms with Crippen molar-refractivity contribution >= 4 is 17.5 Å². The van der Waals surface area contributed by atoms with Gasteiger partial charge in [-0.05, 0) is 67.5 Å². The van der Waals surface area contributed by atoms with Crippen molar-refractivity contribution in [1.82, 2.24) is 20.2 Å². The number of aliphatic hydroxyl groups excluding tert-OH is 1. The van der Waals surface area contributed by atoms with E-state index in [0.717, 1.165) is 48.9 Å². The second-order valence-corrected chi connectivity index (χ2v) is 9.70. The molecule has 1 aliphatic heterocycles. The molecular weight excluding hydrogens is 448 g/mol. The monoisotopic (exact) mass is 476 g/mol. The largest absolute Gasteiger partial charge is 0.387 e. The van der Waals surface area contributed by atoms with Crippen LogP contribution in [0.5, 0.6) is 0 Å². The van der Waals surface area contributed by atoms with Crippen LogP contribution in [0.3, 0.4) is 0 Å². The summed E-state index contributed by atoms with van der Waals surface area (Å²) in [6, 6.07) is 15.8. The van der Waals surface area contributed by atoms with E-state index in [9.17, 15) is 9.90 Å². The second-order valence-electron chi connectivity index (χ2n) is 9.32. The Morgan fingerprint density at radius 1 is 1.15 bits per heavy atom. The Bertz CT molecular complexity index is 1150. The Balaban J connectivity index is 1.18. The van der Waals surface area contributed by atoms with E-state index >= 15 is 0 Å². The van der Waals surface area contributed by atoms with E-state index in [1.54, 1.807) is 12.3 Å². The number of hydrogen-bond acceptors (Lipinski definition) is 5. The molecule has 3 heterocycles. The van der Waals surface area contributed by atoms with Gasteiger partial charge in [-0.15, -0.1) is 0 Å². The van der Waals surface area contributed by atoms with Crippen LogP contribution >= 0.6 is 11.6 Å². The van der Waals surface area contributed by atoms with E-state index in [4.69, 9.17) is 11.6 Å². The molecule has 4 atom stereocenters. The van der Waals surface area contributed by atoms with E-state index < -0.39 is 6.10 Å². The summed E-state index contributed by atoms with van der Waals surface area (Å²) < 4.78 is 0. The summed E-state index contributed by atoms with van der Waals surface area (Å²) >= 11 is 5.86. The van der Waals surface area contributed by atoms with E-state index in [0.29, 0.717) is 10.7 Å². The molecule has 1 aromatic carbocycles. The highest BCUT2D eigenvalue weighted by Gasteiger charge is 2.31. The van der Waals surface area contributed by atoms with Crippen LogP contribution in [0.4, 0.5) is 0 Å². The van der Waals surface area contributed by atoms with Crippen LogP contribution in [0.2, 0.25) is 5.15 Å². The molecule has 1 fully saturated rings. The topological polar surface area (TPSA) is 78.4 Å².